The highest BCUT2D eigenvalue weighted by Crippen LogP contribution is 2.30. The summed E-state index contributed by atoms with van der Waals surface area (Å²) in [5.41, 5.74) is 1.56. The molecule has 0 amide bonds. The number of esters is 2. The highest BCUT2D eigenvalue weighted by Gasteiger charge is 2.34. The average molecular weight is 921 g/mol. The van der Waals surface area contributed by atoms with E-state index < -0.39 is 5.97 Å². The number of carboxylic acids is 1. The molecule has 3 rings (SSSR count). The van der Waals surface area contributed by atoms with E-state index in [2.05, 4.69) is 65.2 Å². The molecule has 0 aliphatic carbocycles. The van der Waals surface area contributed by atoms with E-state index >= 15 is 0 Å². The van der Waals surface area contributed by atoms with Crippen LogP contribution in [0.3, 0.4) is 0 Å². The molecule has 66 heavy (non-hydrogen) atoms. The minimum absolute atomic E-state index is 0.0741. The van der Waals surface area contributed by atoms with E-state index in [1.807, 2.05) is 0 Å². The average Bonchev–Trinajstić information content (AvgIpc) is 3.30. The van der Waals surface area contributed by atoms with E-state index in [0.717, 1.165) is 51.5 Å². The van der Waals surface area contributed by atoms with Gasteiger partial charge in [-0.1, -0.05) is 91.9 Å². The van der Waals surface area contributed by atoms with E-state index in [9.17, 15) is 24.6 Å². The van der Waals surface area contributed by atoms with Crippen LogP contribution in [0.15, 0.2) is 72.8 Å². The van der Waals surface area contributed by atoms with Gasteiger partial charge in [0, 0.05) is 11.1 Å². The highest BCUT2D eigenvalue weighted by atomic mass is 16.5. The summed E-state index contributed by atoms with van der Waals surface area (Å²) in [5, 5.41) is 35.7. The predicted octanol–water partition coefficient (Wildman–Crippen LogP) is 13.5. The molecule has 0 heterocycles. The lowest BCUT2D eigenvalue weighted by Gasteiger charge is -2.48. The maximum atomic E-state index is 11.9. The summed E-state index contributed by atoms with van der Waals surface area (Å²) in [6.07, 6.45) is 21.7. The fraction of sp³-hybridized carbons (Fsp3) is 0.618. The van der Waals surface area contributed by atoms with Crippen LogP contribution >= 0.6 is 0 Å². The third kappa shape index (κ3) is 26.5. The Hall–Kier alpha value is -4.61. The molecule has 0 saturated heterocycles. The van der Waals surface area contributed by atoms with Crippen LogP contribution in [-0.2, 0) is 9.47 Å². The molecule has 11 heteroatoms. The van der Waals surface area contributed by atoms with E-state index in [1.54, 1.807) is 24.3 Å². The fourth-order valence-corrected chi connectivity index (χ4v) is 7.48. The van der Waals surface area contributed by atoms with Crippen molar-refractivity contribution in [2.24, 2.45) is 0 Å². The number of phenols is 3. The van der Waals surface area contributed by atoms with Crippen LogP contribution < -0.4 is 0 Å². The molecule has 0 aromatic heterocycles. The summed E-state index contributed by atoms with van der Waals surface area (Å²) in [4.78, 5) is 39.4. The summed E-state index contributed by atoms with van der Waals surface area (Å²) in [6.45, 7) is 24.1. The molecule has 0 spiro atoms. The number of carbonyl (C=O) groups is 3. The SMILES string of the molecule is CCC(C)(C)N(CCCCCCOC(=O)c1ccc(O)cc1)C(C)(C)CC.CCCCCCN(CCCCCC)CCCCCCOC(=O)c1ccc(O)cc1.O=C(O)c1ccc(O)cc1. The lowest BCUT2D eigenvalue weighted by atomic mass is 9.89. The van der Waals surface area contributed by atoms with Gasteiger partial charge in [-0.25, -0.2) is 14.4 Å². The molecular formula is C55H88N2O9. The number of rotatable bonds is 31. The first-order valence-electron chi connectivity index (χ1n) is 25.0. The lowest BCUT2D eigenvalue weighted by Crippen LogP contribution is -2.55. The summed E-state index contributed by atoms with van der Waals surface area (Å²) in [5.74, 6) is -1.24. The normalized spacial score (nSPS) is 11.4. The Bertz CT molecular complexity index is 1680. The molecule has 0 unspecified atom stereocenters. The molecule has 0 aliphatic heterocycles. The molecule has 0 fully saturated rings. The van der Waals surface area contributed by atoms with Crippen molar-refractivity contribution >= 4 is 17.9 Å². The molecule has 0 aliphatic rings. The van der Waals surface area contributed by atoms with Crippen LogP contribution in [-0.4, -0.2) is 98.6 Å². The number of hydrogen-bond acceptors (Lipinski definition) is 10. The second-order valence-electron chi connectivity index (χ2n) is 18.5. The van der Waals surface area contributed by atoms with Crippen molar-refractivity contribution in [3.05, 3.63) is 89.5 Å². The minimum Gasteiger partial charge on any atom is -0.508 e. The first-order chi connectivity index (χ1) is 31.5. The molecule has 0 atom stereocenters. The van der Waals surface area contributed by atoms with Gasteiger partial charge in [0.1, 0.15) is 17.2 Å². The first-order valence-corrected chi connectivity index (χ1v) is 25.0. The van der Waals surface area contributed by atoms with Crippen LogP contribution in [0.25, 0.3) is 0 Å². The molecular weight excluding hydrogens is 833 g/mol. The van der Waals surface area contributed by atoms with E-state index in [0.29, 0.717) is 24.3 Å². The largest absolute Gasteiger partial charge is 0.508 e. The monoisotopic (exact) mass is 921 g/mol. The topological polar surface area (TPSA) is 157 Å². The van der Waals surface area contributed by atoms with Crippen molar-refractivity contribution in [2.75, 3.05) is 39.4 Å². The zero-order chi connectivity index (χ0) is 49.2. The van der Waals surface area contributed by atoms with E-state index in [-0.39, 0.29) is 45.8 Å². The van der Waals surface area contributed by atoms with Crippen molar-refractivity contribution in [3.63, 3.8) is 0 Å². The zero-order valence-electron chi connectivity index (χ0n) is 42.1. The third-order valence-corrected chi connectivity index (χ3v) is 12.3. The molecule has 0 bridgehead atoms. The lowest BCUT2D eigenvalue weighted by molar-refractivity contribution is 0.00944. The maximum Gasteiger partial charge on any atom is 0.338 e. The second kappa shape index (κ2) is 34.7. The van der Waals surface area contributed by atoms with Gasteiger partial charge in [0.2, 0.25) is 0 Å². The third-order valence-electron chi connectivity index (χ3n) is 12.3. The molecule has 4 N–H and O–H groups in total. The van der Waals surface area contributed by atoms with Crippen molar-refractivity contribution < 1.29 is 44.3 Å². The number of carboxylic acid groups (broad SMARTS) is 1. The van der Waals surface area contributed by atoms with Gasteiger partial charge in [-0.15, -0.1) is 0 Å². The standard InChI is InChI=1S/C25H43NO3.C23H39NO3.C7H6O3/c1-3-5-7-11-19-26(20-12-8-6-4-2)21-13-9-10-14-22-29-25(28)23-15-17-24(27)18-16-23;1-7-22(3,4)24(23(5,6)8-2)17-11-9-10-12-18-27-21(26)19-13-15-20(25)16-14-19;8-6-3-1-5(2-4-6)7(9)10/h15-18,27H,3-14,19-22H2,1-2H3;13-16,25H,7-12,17-18H2,1-6H3;1-4,8H,(H,9,10). The predicted molar refractivity (Wildman–Crippen MR) is 269 cm³/mol. The Labute approximate surface area is 398 Å². The Morgan fingerprint density at radius 1 is 0.439 bits per heavy atom. The number of hydrogen-bond donors (Lipinski definition) is 4. The number of benzene rings is 3. The van der Waals surface area contributed by atoms with Gasteiger partial charge in [0.25, 0.3) is 0 Å². The van der Waals surface area contributed by atoms with Gasteiger partial charge >= 0.3 is 17.9 Å². The van der Waals surface area contributed by atoms with Crippen LogP contribution in [0.5, 0.6) is 17.2 Å². The van der Waals surface area contributed by atoms with Crippen molar-refractivity contribution in [1.82, 2.24) is 9.80 Å². The van der Waals surface area contributed by atoms with Crippen molar-refractivity contribution in [2.45, 2.75) is 182 Å². The smallest absolute Gasteiger partial charge is 0.338 e. The Kier molecular flexibility index (Phi) is 31.2. The van der Waals surface area contributed by atoms with Crippen LogP contribution in [0.4, 0.5) is 0 Å². The Balaban J connectivity index is 0.000000546. The molecule has 3 aromatic rings. The van der Waals surface area contributed by atoms with Crippen molar-refractivity contribution in [3.8, 4) is 17.2 Å². The number of ether oxygens (including phenoxy) is 2. The number of unbranched alkanes of at least 4 members (excludes halogenated alkanes) is 12. The molecule has 372 valence electrons. The minimum atomic E-state index is -0.986. The van der Waals surface area contributed by atoms with Crippen molar-refractivity contribution in [1.29, 1.82) is 0 Å². The van der Waals surface area contributed by atoms with E-state index in [1.165, 1.54) is 139 Å². The van der Waals surface area contributed by atoms with Crippen LogP contribution in [0.1, 0.15) is 202 Å². The van der Waals surface area contributed by atoms with Gasteiger partial charge in [-0.05, 0) is 178 Å². The molecule has 11 nitrogen and oxygen atoms in total. The number of aromatic carboxylic acids is 1. The summed E-state index contributed by atoms with van der Waals surface area (Å²) in [7, 11) is 0. The number of carbonyl (C=O) groups excluding carboxylic acids is 2. The van der Waals surface area contributed by atoms with Crippen LogP contribution in [0, 0.1) is 0 Å². The van der Waals surface area contributed by atoms with Gasteiger partial charge in [-0.3, -0.25) is 4.90 Å². The summed E-state index contributed by atoms with van der Waals surface area (Å²) >= 11 is 0. The van der Waals surface area contributed by atoms with E-state index in [4.69, 9.17) is 19.7 Å². The Morgan fingerprint density at radius 3 is 1.06 bits per heavy atom. The fourth-order valence-electron chi connectivity index (χ4n) is 7.48. The van der Waals surface area contributed by atoms with Gasteiger partial charge in [-0.2, -0.15) is 0 Å². The van der Waals surface area contributed by atoms with Gasteiger partial charge in [0.05, 0.1) is 29.9 Å². The number of aromatic hydroxyl groups is 3. The number of nitrogens with zero attached hydrogens (tertiary/aromatic N) is 2. The zero-order valence-corrected chi connectivity index (χ0v) is 42.1. The van der Waals surface area contributed by atoms with Crippen LogP contribution in [0.2, 0.25) is 0 Å². The van der Waals surface area contributed by atoms with Gasteiger partial charge in [0.15, 0.2) is 0 Å². The van der Waals surface area contributed by atoms with Gasteiger partial charge < -0.3 is 34.8 Å². The summed E-state index contributed by atoms with van der Waals surface area (Å²) in [6, 6.07) is 17.7. The maximum absolute atomic E-state index is 11.9. The quantitative estimate of drug-likeness (QED) is 0.0360. The number of phenolic OH excluding ortho intramolecular Hbond substituents is 3. The summed E-state index contributed by atoms with van der Waals surface area (Å²) < 4.78 is 10.6. The first kappa shape index (κ1) is 59.4. The highest BCUT2D eigenvalue weighted by molar-refractivity contribution is 5.90. The Morgan fingerprint density at radius 2 is 0.742 bits per heavy atom. The molecule has 3 aromatic carbocycles. The molecule has 0 saturated carbocycles. The second-order valence-corrected chi connectivity index (χ2v) is 18.5. The molecule has 0 radical (unpaired) electrons.